The molecule has 0 radical (unpaired) electrons. The second kappa shape index (κ2) is 14.4. The number of aliphatic imine (C=N–C) groups is 1. The van der Waals surface area contributed by atoms with Crippen LogP contribution in [0.5, 0.6) is 0 Å². The number of guanidine groups is 1. The van der Waals surface area contributed by atoms with Crippen LogP contribution in [0, 0.1) is 11.8 Å². The van der Waals surface area contributed by atoms with E-state index < -0.39 is 0 Å². The number of rotatable bonds is 10. The lowest BCUT2D eigenvalue weighted by Crippen LogP contribution is -2.42. The molecule has 0 saturated carbocycles. The average molecular weight is 530 g/mol. The van der Waals surface area contributed by atoms with E-state index in [2.05, 4.69) is 47.4 Å². The lowest BCUT2D eigenvalue weighted by atomic mass is 9.97. The van der Waals surface area contributed by atoms with Crippen LogP contribution in [-0.2, 0) is 11.3 Å². The Morgan fingerprint density at radius 3 is 2.87 bits per heavy atom. The molecule has 1 aromatic heterocycles. The summed E-state index contributed by atoms with van der Waals surface area (Å²) < 4.78 is 0. The Morgan fingerprint density at radius 1 is 1.37 bits per heavy atom. The van der Waals surface area contributed by atoms with Crippen molar-refractivity contribution in [2.45, 2.75) is 59.4 Å². The fourth-order valence-electron chi connectivity index (χ4n) is 3.63. The number of nitrogens with one attached hydrogen (secondary N) is 2. The van der Waals surface area contributed by atoms with Crippen LogP contribution in [0.1, 0.15) is 58.4 Å². The van der Waals surface area contributed by atoms with E-state index in [-0.39, 0.29) is 35.8 Å². The summed E-state index contributed by atoms with van der Waals surface area (Å²) in [4.78, 5) is 23.1. The highest BCUT2D eigenvalue weighted by molar-refractivity contribution is 14.0. The van der Waals surface area contributed by atoms with Gasteiger partial charge >= 0.3 is 0 Å². The summed E-state index contributed by atoms with van der Waals surface area (Å²) in [6, 6.07) is 4.00. The van der Waals surface area contributed by atoms with E-state index in [1.807, 2.05) is 6.07 Å². The number of halogens is 1. The van der Waals surface area contributed by atoms with Crippen LogP contribution in [-0.4, -0.2) is 43.0 Å². The molecule has 1 fully saturated rings. The summed E-state index contributed by atoms with van der Waals surface area (Å²) in [7, 11) is 0. The largest absolute Gasteiger partial charge is 0.369 e. The van der Waals surface area contributed by atoms with Gasteiger partial charge in [-0.25, -0.2) is 9.98 Å². The number of nitrogens with two attached hydrogens (primary N) is 1. The normalized spacial score (nSPS) is 16.9. The van der Waals surface area contributed by atoms with Gasteiger partial charge in [0.05, 0.1) is 12.5 Å². The minimum absolute atomic E-state index is 0. The molecule has 1 aliphatic heterocycles. The summed E-state index contributed by atoms with van der Waals surface area (Å²) in [6.45, 7) is 10.4. The van der Waals surface area contributed by atoms with E-state index in [9.17, 15) is 4.79 Å². The molecule has 1 amide bonds. The molecule has 2 rings (SSSR count). The number of piperidine rings is 1. The smallest absolute Gasteiger partial charge is 0.222 e. The number of hydrogen-bond donors (Lipinski definition) is 3. The molecule has 1 atom stereocenters. The lowest BCUT2D eigenvalue weighted by molar-refractivity contribution is -0.122. The summed E-state index contributed by atoms with van der Waals surface area (Å²) in [5.74, 6) is 2.17. The van der Waals surface area contributed by atoms with Crippen LogP contribution in [0.3, 0.4) is 0 Å². The number of carbonyl (C=O) groups excluding carboxylic acids is 1. The SMILES string of the molecule is CCNC(=NCc1cccnc1N1CCCC(C(N)=O)C1)NCCCCC(C)C.I. The molecule has 4 N–H and O–H groups in total. The van der Waals surface area contributed by atoms with Gasteiger partial charge in [-0.1, -0.05) is 32.8 Å². The zero-order valence-corrected chi connectivity index (χ0v) is 21.0. The standard InChI is InChI=1S/C22H38N6O.HI/c1-4-24-22(26-12-6-5-9-17(2)3)27-15-18-10-7-13-25-21(18)28-14-8-11-19(16-28)20(23)29;/h7,10,13,17,19H,4-6,8-9,11-12,14-16H2,1-3H3,(H2,23,29)(H2,24,26,27);1H. The number of aromatic nitrogens is 1. The first kappa shape index (κ1) is 26.5. The third-order valence-corrected chi connectivity index (χ3v) is 5.24. The molecule has 1 aromatic rings. The Bertz CT molecular complexity index is 667. The molecule has 8 heteroatoms. The van der Waals surface area contributed by atoms with Crippen molar-refractivity contribution in [3.8, 4) is 0 Å². The van der Waals surface area contributed by atoms with Crippen LogP contribution in [0.4, 0.5) is 5.82 Å². The van der Waals surface area contributed by atoms with Gasteiger partial charge in [-0.2, -0.15) is 0 Å². The summed E-state index contributed by atoms with van der Waals surface area (Å²) in [6.07, 6.45) is 7.24. The number of primary amides is 1. The van der Waals surface area contributed by atoms with E-state index >= 15 is 0 Å². The van der Waals surface area contributed by atoms with Crippen molar-refractivity contribution >= 4 is 41.7 Å². The van der Waals surface area contributed by atoms with Crippen LogP contribution in [0.2, 0.25) is 0 Å². The van der Waals surface area contributed by atoms with Crippen molar-refractivity contribution in [2.75, 3.05) is 31.1 Å². The van der Waals surface area contributed by atoms with E-state index in [1.54, 1.807) is 6.20 Å². The minimum Gasteiger partial charge on any atom is -0.369 e. The zero-order chi connectivity index (χ0) is 21.1. The molecule has 30 heavy (non-hydrogen) atoms. The van der Waals surface area contributed by atoms with Gasteiger partial charge in [-0.15, -0.1) is 24.0 Å². The number of anilines is 1. The Hall–Kier alpha value is -1.58. The van der Waals surface area contributed by atoms with Crippen molar-refractivity contribution < 1.29 is 4.79 Å². The predicted molar refractivity (Wildman–Crippen MR) is 135 cm³/mol. The van der Waals surface area contributed by atoms with Gasteiger partial charge < -0.3 is 21.3 Å². The summed E-state index contributed by atoms with van der Waals surface area (Å²) >= 11 is 0. The highest BCUT2D eigenvalue weighted by atomic mass is 127. The monoisotopic (exact) mass is 530 g/mol. The molecule has 1 saturated heterocycles. The molecule has 170 valence electrons. The van der Waals surface area contributed by atoms with Gasteiger partial charge in [0.1, 0.15) is 5.82 Å². The highest BCUT2D eigenvalue weighted by Gasteiger charge is 2.25. The zero-order valence-electron chi connectivity index (χ0n) is 18.7. The summed E-state index contributed by atoms with van der Waals surface area (Å²) in [5, 5.41) is 6.75. The van der Waals surface area contributed by atoms with E-state index in [1.165, 1.54) is 12.8 Å². The number of amides is 1. The van der Waals surface area contributed by atoms with Crippen molar-refractivity contribution in [3.05, 3.63) is 23.9 Å². The second-order valence-electron chi connectivity index (χ2n) is 8.19. The van der Waals surface area contributed by atoms with Crippen molar-refractivity contribution in [3.63, 3.8) is 0 Å². The molecule has 0 spiro atoms. The first-order valence-electron chi connectivity index (χ1n) is 11.0. The number of hydrogen-bond acceptors (Lipinski definition) is 4. The molecule has 7 nitrogen and oxygen atoms in total. The number of nitrogens with zero attached hydrogens (tertiary/aromatic N) is 3. The van der Waals surface area contributed by atoms with Crippen LogP contribution in [0.25, 0.3) is 0 Å². The maximum absolute atomic E-state index is 11.6. The quantitative estimate of drug-likeness (QED) is 0.187. The number of unbranched alkanes of at least 4 members (excludes halogenated alkanes) is 1. The van der Waals surface area contributed by atoms with Crippen LogP contribution >= 0.6 is 24.0 Å². The van der Waals surface area contributed by atoms with E-state index in [0.717, 1.165) is 62.2 Å². The topological polar surface area (TPSA) is 95.6 Å². The van der Waals surface area contributed by atoms with E-state index in [0.29, 0.717) is 13.1 Å². The van der Waals surface area contributed by atoms with Gasteiger partial charge in [0.2, 0.25) is 5.91 Å². The molecular formula is C22H39IN6O. The first-order chi connectivity index (χ1) is 14.0. The highest BCUT2D eigenvalue weighted by Crippen LogP contribution is 2.24. The van der Waals surface area contributed by atoms with Gasteiger partial charge in [-0.3, -0.25) is 4.79 Å². The molecule has 0 aromatic carbocycles. The maximum atomic E-state index is 11.6. The fourth-order valence-corrected chi connectivity index (χ4v) is 3.63. The maximum Gasteiger partial charge on any atom is 0.222 e. The predicted octanol–water partition coefficient (Wildman–Crippen LogP) is 3.28. The van der Waals surface area contributed by atoms with Gasteiger partial charge in [0.15, 0.2) is 5.96 Å². The Kier molecular flexibility index (Phi) is 12.7. The third kappa shape index (κ3) is 9.06. The van der Waals surface area contributed by atoms with Crippen LogP contribution < -0.4 is 21.3 Å². The van der Waals surface area contributed by atoms with Crippen LogP contribution in [0.15, 0.2) is 23.3 Å². The van der Waals surface area contributed by atoms with Crippen molar-refractivity contribution in [2.24, 2.45) is 22.6 Å². The molecule has 0 aliphatic carbocycles. The Balaban J connectivity index is 0.00000450. The minimum atomic E-state index is -0.221. The second-order valence-corrected chi connectivity index (χ2v) is 8.19. The number of pyridine rings is 1. The summed E-state index contributed by atoms with van der Waals surface area (Å²) in [5.41, 5.74) is 6.60. The van der Waals surface area contributed by atoms with Crippen molar-refractivity contribution in [1.82, 2.24) is 15.6 Å². The molecule has 1 unspecified atom stereocenters. The average Bonchev–Trinajstić information content (AvgIpc) is 2.71. The van der Waals surface area contributed by atoms with Crippen molar-refractivity contribution in [1.29, 1.82) is 0 Å². The lowest BCUT2D eigenvalue weighted by Gasteiger charge is -2.33. The molecular weight excluding hydrogens is 491 g/mol. The van der Waals surface area contributed by atoms with Gasteiger partial charge in [0, 0.05) is 37.9 Å². The van der Waals surface area contributed by atoms with Gasteiger partial charge in [-0.05, 0) is 38.2 Å². The molecule has 1 aliphatic rings. The van der Waals surface area contributed by atoms with Gasteiger partial charge in [0.25, 0.3) is 0 Å². The fraction of sp³-hybridized carbons (Fsp3) is 0.682. The molecule has 0 bridgehead atoms. The van der Waals surface area contributed by atoms with E-state index in [4.69, 9.17) is 10.7 Å². The first-order valence-corrected chi connectivity index (χ1v) is 11.0. The third-order valence-electron chi connectivity index (χ3n) is 5.24. The Morgan fingerprint density at radius 2 is 2.17 bits per heavy atom. The molecule has 2 heterocycles. The Labute approximate surface area is 198 Å². The number of carbonyl (C=O) groups is 1.